The Labute approximate surface area is 169 Å². The highest BCUT2D eigenvalue weighted by Crippen LogP contribution is 2.55. The molecule has 0 radical (unpaired) electrons. The van der Waals surface area contributed by atoms with Crippen molar-refractivity contribution < 1.29 is 14.3 Å². The fraction of sp³-hybridized carbons (Fsp3) is 0.364. The Morgan fingerprint density at radius 1 is 1.21 bits per heavy atom. The second-order valence-electron chi connectivity index (χ2n) is 7.15. The number of carbonyl (C=O) groups is 2. The van der Waals surface area contributed by atoms with Crippen LogP contribution in [0.3, 0.4) is 0 Å². The molecule has 146 valence electrons. The smallest absolute Gasteiger partial charge is 0.268 e. The largest absolute Gasteiger partial charge is 0.497 e. The molecule has 2 aliphatic heterocycles. The minimum atomic E-state index is -0.984. The van der Waals surface area contributed by atoms with Gasteiger partial charge in [0.2, 0.25) is 5.91 Å². The SMILES string of the molecule is CCC(=O)N1CCS[C@@]12C(=O)N(Cc1ccc(C)cc1)c1ccc(OC)cc12. The monoisotopic (exact) mass is 396 g/mol. The molecule has 0 unspecified atom stereocenters. The summed E-state index contributed by atoms with van der Waals surface area (Å²) >= 11 is 1.55. The van der Waals surface area contributed by atoms with Crippen LogP contribution in [0.1, 0.15) is 30.0 Å². The normalized spacial score (nSPS) is 20.8. The van der Waals surface area contributed by atoms with Gasteiger partial charge in [0.15, 0.2) is 4.87 Å². The summed E-state index contributed by atoms with van der Waals surface area (Å²) < 4.78 is 5.42. The van der Waals surface area contributed by atoms with Crippen molar-refractivity contribution in [1.82, 2.24) is 4.90 Å². The molecule has 2 aromatic carbocycles. The number of ether oxygens (including phenoxy) is 1. The topological polar surface area (TPSA) is 49.9 Å². The maximum Gasteiger partial charge on any atom is 0.268 e. The van der Waals surface area contributed by atoms with Gasteiger partial charge in [-0.1, -0.05) is 36.8 Å². The number of rotatable bonds is 4. The van der Waals surface area contributed by atoms with Crippen LogP contribution in [-0.2, 0) is 21.0 Å². The number of carbonyl (C=O) groups excluding carboxylic acids is 2. The number of hydrogen-bond donors (Lipinski definition) is 0. The van der Waals surface area contributed by atoms with E-state index in [1.807, 2.05) is 49.1 Å². The van der Waals surface area contributed by atoms with Crippen molar-refractivity contribution in [3.05, 3.63) is 59.2 Å². The third-order valence-corrected chi connectivity index (χ3v) is 6.88. The molecule has 0 saturated carbocycles. The minimum Gasteiger partial charge on any atom is -0.497 e. The molecule has 6 heteroatoms. The zero-order chi connectivity index (χ0) is 19.9. The van der Waals surface area contributed by atoms with Gasteiger partial charge < -0.3 is 14.5 Å². The summed E-state index contributed by atoms with van der Waals surface area (Å²) in [6.45, 7) is 4.95. The van der Waals surface area contributed by atoms with Crippen LogP contribution in [0, 0.1) is 6.92 Å². The van der Waals surface area contributed by atoms with Gasteiger partial charge in [0.05, 0.1) is 19.3 Å². The van der Waals surface area contributed by atoms with Crippen molar-refractivity contribution in [1.29, 1.82) is 0 Å². The molecule has 1 saturated heterocycles. The fourth-order valence-corrected chi connectivity index (χ4v) is 5.47. The highest BCUT2D eigenvalue weighted by Gasteiger charge is 2.59. The van der Waals surface area contributed by atoms with Crippen molar-refractivity contribution in [2.75, 3.05) is 24.3 Å². The zero-order valence-electron chi connectivity index (χ0n) is 16.4. The summed E-state index contributed by atoms with van der Waals surface area (Å²) in [6.07, 6.45) is 0.382. The Morgan fingerprint density at radius 3 is 2.64 bits per heavy atom. The third-order valence-electron chi connectivity index (χ3n) is 5.47. The molecule has 4 rings (SSSR count). The van der Waals surface area contributed by atoms with E-state index in [0.29, 0.717) is 25.3 Å². The van der Waals surface area contributed by atoms with Crippen LogP contribution < -0.4 is 9.64 Å². The van der Waals surface area contributed by atoms with Gasteiger partial charge in [0, 0.05) is 24.3 Å². The second kappa shape index (κ2) is 7.17. The minimum absolute atomic E-state index is 0.00399. The van der Waals surface area contributed by atoms with Crippen molar-refractivity contribution >= 4 is 29.3 Å². The van der Waals surface area contributed by atoms with Crippen LogP contribution in [0.5, 0.6) is 5.75 Å². The molecule has 0 bridgehead atoms. The summed E-state index contributed by atoms with van der Waals surface area (Å²) in [7, 11) is 1.62. The predicted octanol–water partition coefficient (Wildman–Crippen LogP) is 3.69. The molecule has 5 nitrogen and oxygen atoms in total. The molecule has 0 N–H and O–H groups in total. The molecule has 1 atom stereocenters. The number of amides is 2. The van der Waals surface area contributed by atoms with Crippen molar-refractivity contribution in [3.8, 4) is 5.75 Å². The van der Waals surface area contributed by atoms with Crippen LogP contribution in [0.2, 0.25) is 0 Å². The molecule has 2 heterocycles. The highest BCUT2D eigenvalue weighted by molar-refractivity contribution is 8.01. The van der Waals surface area contributed by atoms with E-state index in [1.165, 1.54) is 5.56 Å². The van der Waals surface area contributed by atoms with Crippen LogP contribution in [0.15, 0.2) is 42.5 Å². The summed E-state index contributed by atoms with van der Waals surface area (Å²) in [6, 6.07) is 13.9. The van der Waals surface area contributed by atoms with Crippen LogP contribution in [-0.4, -0.2) is 36.1 Å². The van der Waals surface area contributed by atoms with E-state index >= 15 is 0 Å². The summed E-state index contributed by atoms with van der Waals surface area (Å²) in [5.41, 5.74) is 3.96. The van der Waals surface area contributed by atoms with E-state index in [4.69, 9.17) is 4.74 Å². The Hall–Kier alpha value is -2.47. The average molecular weight is 397 g/mol. The lowest BCUT2D eigenvalue weighted by Crippen LogP contribution is -2.50. The highest BCUT2D eigenvalue weighted by atomic mass is 32.2. The fourth-order valence-electron chi connectivity index (χ4n) is 4.00. The van der Waals surface area contributed by atoms with Gasteiger partial charge in [-0.05, 0) is 30.7 Å². The summed E-state index contributed by atoms with van der Waals surface area (Å²) in [5.74, 6) is 1.40. The Morgan fingerprint density at radius 2 is 1.96 bits per heavy atom. The molecule has 2 amide bonds. The lowest BCUT2D eigenvalue weighted by Gasteiger charge is -2.33. The van der Waals surface area contributed by atoms with E-state index in [2.05, 4.69) is 12.1 Å². The molecule has 1 spiro atoms. The van der Waals surface area contributed by atoms with Crippen molar-refractivity contribution in [2.24, 2.45) is 0 Å². The maximum absolute atomic E-state index is 13.8. The van der Waals surface area contributed by atoms with Crippen LogP contribution in [0.4, 0.5) is 5.69 Å². The van der Waals surface area contributed by atoms with Gasteiger partial charge in [-0.3, -0.25) is 9.59 Å². The summed E-state index contributed by atoms with van der Waals surface area (Å²) in [4.78, 5) is 29.0. The first-order chi connectivity index (χ1) is 13.5. The van der Waals surface area contributed by atoms with Gasteiger partial charge in [-0.25, -0.2) is 0 Å². The van der Waals surface area contributed by atoms with E-state index in [-0.39, 0.29) is 11.8 Å². The number of benzene rings is 2. The molecule has 1 fully saturated rings. The Kier molecular flexibility index (Phi) is 4.83. The van der Waals surface area contributed by atoms with E-state index < -0.39 is 4.87 Å². The predicted molar refractivity (Wildman–Crippen MR) is 112 cm³/mol. The second-order valence-corrected chi connectivity index (χ2v) is 8.44. The van der Waals surface area contributed by atoms with Gasteiger partial charge in [0.1, 0.15) is 5.75 Å². The Balaban J connectivity index is 1.82. The third kappa shape index (κ3) is 2.78. The number of hydrogen-bond acceptors (Lipinski definition) is 4. The molecule has 2 aromatic rings. The number of anilines is 1. The van der Waals surface area contributed by atoms with Crippen molar-refractivity contribution in [3.63, 3.8) is 0 Å². The number of aryl methyl sites for hydroxylation is 1. The molecular formula is C22H24N2O3S. The average Bonchev–Trinajstić information content (AvgIpc) is 3.26. The zero-order valence-corrected chi connectivity index (χ0v) is 17.2. The van der Waals surface area contributed by atoms with Gasteiger partial charge >= 0.3 is 0 Å². The Bertz CT molecular complexity index is 928. The number of methoxy groups -OCH3 is 1. The molecular weight excluding hydrogens is 372 g/mol. The maximum atomic E-state index is 13.8. The summed E-state index contributed by atoms with van der Waals surface area (Å²) in [5, 5.41) is 0. The van der Waals surface area contributed by atoms with Crippen LogP contribution >= 0.6 is 11.8 Å². The van der Waals surface area contributed by atoms with Crippen LogP contribution in [0.25, 0.3) is 0 Å². The van der Waals surface area contributed by atoms with Gasteiger partial charge in [-0.2, -0.15) is 0 Å². The molecule has 28 heavy (non-hydrogen) atoms. The number of fused-ring (bicyclic) bond motifs is 2. The van der Waals surface area contributed by atoms with Gasteiger partial charge in [-0.15, -0.1) is 11.8 Å². The van der Waals surface area contributed by atoms with E-state index in [1.54, 1.807) is 23.8 Å². The standard InChI is InChI=1S/C22H24N2O3S/c1-4-20(25)24-11-12-28-22(24)18-13-17(27-3)9-10-19(18)23(21(22)26)14-16-7-5-15(2)6-8-16/h5-10,13H,4,11-12,14H2,1-3H3/t22-/m0/s1. The molecule has 2 aliphatic rings. The first kappa shape index (κ1) is 18.9. The molecule has 0 aromatic heterocycles. The first-order valence-electron chi connectivity index (χ1n) is 9.51. The molecule has 0 aliphatic carbocycles. The number of thioether (sulfide) groups is 1. The lowest BCUT2D eigenvalue weighted by molar-refractivity contribution is -0.139. The first-order valence-corrected chi connectivity index (χ1v) is 10.5. The van der Waals surface area contributed by atoms with Gasteiger partial charge in [0.25, 0.3) is 5.91 Å². The number of nitrogens with zero attached hydrogens (tertiary/aromatic N) is 2. The van der Waals surface area contributed by atoms with E-state index in [9.17, 15) is 9.59 Å². The van der Waals surface area contributed by atoms with E-state index in [0.717, 1.165) is 22.6 Å². The quantitative estimate of drug-likeness (QED) is 0.791. The lowest BCUT2D eigenvalue weighted by atomic mass is 10.0. The van der Waals surface area contributed by atoms with Crippen molar-refractivity contribution in [2.45, 2.75) is 31.7 Å².